The zero-order chi connectivity index (χ0) is 16.0. The molecule has 0 aliphatic rings. The summed E-state index contributed by atoms with van der Waals surface area (Å²) in [4.78, 5) is 9.08. The zero-order valence-electron chi connectivity index (χ0n) is 14.3. The maximum Gasteiger partial charge on any atom is 0.192 e. The molecule has 1 aromatic rings. The van der Waals surface area contributed by atoms with Crippen LogP contribution in [0.1, 0.15) is 44.5 Å². The molecule has 5 heteroatoms. The third kappa shape index (κ3) is 5.25. The maximum absolute atomic E-state index is 5.43. The lowest BCUT2D eigenvalue weighted by Gasteiger charge is -2.23. The normalized spacial score (nSPS) is 12.2. The third-order valence-electron chi connectivity index (χ3n) is 2.97. The van der Waals surface area contributed by atoms with Crippen LogP contribution in [0.15, 0.2) is 11.2 Å². The number of rotatable bonds is 4. The monoisotopic (exact) mass is 292 g/mol. The van der Waals surface area contributed by atoms with Gasteiger partial charge in [0.2, 0.25) is 0 Å². The summed E-state index contributed by atoms with van der Waals surface area (Å²) in [6, 6.07) is 0. The van der Waals surface area contributed by atoms with E-state index in [1.807, 2.05) is 20.0 Å². The molecule has 1 rings (SSSR count). The number of aliphatic imine (C=N–C) groups is 1. The van der Waals surface area contributed by atoms with Gasteiger partial charge in [0.25, 0.3) is 0 Å². The van der Waals surface area contributed by atoms with E-state index in [1.54, 1.807) is 7.11 Å². The lowest BCUT2D eigenvalue weighted by molar-refractivity contribution is 0.407. The van der Waals surface area contributed by atoms with Gasteiger partial charge in [-0.3, -0.25) is 4.98 Å². The zero-order valence-corrected chi connectivity index (χ0v) is 14.3. The van der Waals surface area contributed by atoms with E-state index in [2.05, 4.69) is 48.3 Å². The van der Waals surface area contributed by atoms with Gasteiger partial charge in [-0.2, -0.15) is 0 Å². The first-order chi connectivity index (χ1) is 9.78. The highest BCUT2D eigenvalue weighted by atomic mass is 16.5. The Balaban J connectivity index is 2.95. The average Bonchev–Trinajstić information content (AvgIpc) is 2.36. The van der Waals surface area contributed by atoms with E-state index in [0.29, 0.717) is 6.54 Å². The van der Waals surface area contributed by atoms with Crippen LogP contribution in [0.5, 0.6) is 5.75 Å². The maximum atomic E-state index is 5.43. The van der Waals surface area contributed by atoms with Crippen molar-refractivity contribution >= 4 is 5.96 Å². The first-order valence-corrected chi connectivity index (χ1v) is 7.34. The molecular formula is C16H28N4O. The molecule has 0 amide bonds. The molecule has 21 heavy (non-hydrogen) atoms. The molecule has 2 N–H and O–H groups in total. The van der Waals surface area contributed by atoms with Crippen LogP contribution in [0, 0.1) is 13.8 Å². The molecule has 1 aromatic heterocycles. The first-order valence-electron chi connectivity index (χ1n) is 7.34. The van der Waals surface area contributed by atoms with Gasteiger partial charge in [0.05, 0.1) is 19.3 Å². The molecule has 0 unspecified atom stereocenters. The van der Waals surface area contributed by atoms with Crippen molar-refractivity contribution in [1.82, 2.24) is 15.6 Å². The summed E-state index contributed by atoms with van der Waals surface area (Å²) in [6.07, 6.45) is 1.83. The van der Waals surface area contributed by atoms with Crippen molar-refractivity contribution in [1.29, 1.82) is 0 Å². The number of aromatic nitrogens is 1. The molecule has 0 bridgehead atoms. The number of guanidine groups is 1. The number of methoxy groups -OCH3 is 1. The highest BCUT2D eigenvalue weighted by Gasteiger charge is 2.13. The quantitative estimate of drug-likeness (QED) is 0.661. The molecule has 0 aromatic carbocycles. The summed E-state index contributed by atoms with van der Waals surface area (Å²) < 4.78 is 5.43. The van der Waals surface area contributed by atoms with Crippen LogP contribution in [0.3, 0.4) is 0 Å². The number of pyridine rings is 1. The Morgan fingerprint density at radius 3 is 2.52 bits per heavy atom. The lowest BCUT2D eigenvalue weighted by Crippen LogP contribution is -2.47. The van der Waals surface area contributed by atoms with E-state index in [9.17, 15) is 0 Å². The molecule has 0 aliphatic carbocycles. The molecule has 0 aliphatic heterocycles. The standard InChI is InChI=1S/C16H28N4O/c1-8-17-15(20-16(4,5)6)19-10-13-12(3)14(21-7)11(2)9-18-13/h9H,8,10H2,1-7H3,(H2,17,19,20). The fourth-order valence-corrected chi connectivity index (χ4v) is 2.05. The van der Waals surface area contributed by atoms with E-state index >= 15 is 0 Å². The van der Waals surface area contributed by atoms with E-state index in [4.69, 9.17) is 4.74 Å². The summed E-state index contributed by atoms with van der Waals surface area (Å²) in [6.45, 7) is 13.7. The summed E-state index contributed by atoms with van der Waals surface area (Å²) >= 11 is 0. The van der Waals surface area contributed by atoms with Crippen molar-refractivity contribution in [2.45, 2.75) is 53.6 Å². The second-order valence-electron chi connectivity index (χ2n) is 6.12. The first kappa shape index (κ1) is 17.3. The Morgan fingerprint density at radius 1 is 1.33 bits per heavy atom. The molecule has 0 saturated carbocycles. The number of nitrogens with one attached hydrogen (secondary N) is 2. The van der Waals surface area contributed by atoms with Crippen LogP contribution in [0.2, 0.25) is 0 Å². The van der Waals surface area contributed by atoms with Gasteiger partial charge >= 0.3 is 0 Å². The second kappa shape index (κ2) is 7.29. The lowest BCUT2D eigenvalue weighted by atomic mass is 10.1. The van der Waals surface area contributed by atoms with Gasteiger partial charge in [0, 0.05) is 29.4 Å². The molecule has 118 valence electrons. The fraction of sp³-hybridized carbons (Fsp3) is 0.625. The highest BCUT2D eigenvalue weighted by Crippen LogP contribution is 2.24. The van der Waals surface area contributed by atoms with Gasteiger partial charge in [0.15, 0.2) is 5.96 Å². The Hall–Kier alpha value is -1.78. The Morgan fingerprint density at radius 2 is 2.00 bits per heavy atom. The van der Waals surface area contributed by atoms with Crippen molar-refractivity contribution in [3.05, 3.63) is 23.0 Å². The predicted molar refractivity (Wildman–Crippen MR) is 88.0 cm³/mol. The minimum Gasteiger partial charge on any atom is -0.496 e. The number of hydrogen-bond acceptors (Lipinski definition) is 3. The number of ether oxygens (including phenoxy) is 1. The van der Waals surface area contributed by atoms with Crippen LogP contribution < -0.4 is 15.4 Å². The van der Waals surface area contributed by atoms with Gasteiger partial charge in [-0.15, -0.1) is 0 Å². The van der Waals surface area contributed by atoms with Crippen molar-refractivity contribution in [2.24, 2.45) is 4.99 Å². The summed E-state index contributed by atoms with van der Waals surface area (Å²) in [7, 11) is 1.69. The summed E-state index contributed by atoms with van der Waals surface area (Å²) in [5, 5.41) is 6.62. The Labute approximate surface area is 128 Å². The molecule has 5 nitrogen and oxygen atoms in total. The summed E-state index contributed by atoms with van der Waals surface area (Å²) in [5.74, 6) is 1.69. The molecular weight excluding hydrogens is 264 g/mol. The van der Waals surface area contributed by atoms with Crippen molar-refractivity contribution in [3.63, 3.8) is 0 Å². The van der Waals surface area contributed by atoms with E-state index in [-0.39, 0.29) is 5.54 Å². The smallest absolute Gasteiger partial charge is 0.192 e. The van der Waals surface area contributed by atoms with Crippen LogP contribution in [0.4, 0.5) is 0 Å². The third-order valence-corrected chi connectivity index (χ3v) is 2.97. The van der Waals surface area contributed by atoms with Crippen molar-refractivity contribution < 1.29 is 4.74 Å². The molecule has 0 spiro atoms. The molecule has 0 fully saturated rings. The van der Waals surface area contributed by atoms with Crippen LogP contribution >= 0.6 is 0 Å². The van der Waals surface area contributed by atoms with Gasteiger partial charge in [-0.1, -0.05) is 0 Å². The van der Waals surface area contributed by atoms with E-state index < -0.39 is 0 Å². The van der Waals surface area contributed by atoms with Gasteiger partial charge in [-0.25, -0.2) is 4.99 Å². The highest BCUT2D eigenvalue weighted by molar-refractivity contribution is 5.80. The van der Waals surface area contributed by atoms with E-state index in [1.165, 1.54) is 0 Å². The fourth-order valence-electron chi connectivity index (χ4n) is 2.05. The van der Waals surface area contributed by atoms with Crippen LogP contribution in [-0.4, -0.2) is 30.1 Å². The average molecular weight is 292 g/mol. The van der Waals surface area contributed by atoms with Crippen molar-refractivity contribution in [2.75, 3.05) is 13.7 Å². The number of aryl methyl sites for hydroxylation is 1. The Kier molecular flexibility index (Phi) is 6.00. The minimum absolute atomic E-state index is 0.0333. The van der Waals surface area contributed by atoms with Gasteiger partial charge in [0.1, 0.15) is 5.75 Å². The minimum atomic E-state index is -0.0333. The predicted octanol–water partition coefficient (Wildman–Crippen LogP) is 2.56. The van der Waals surface area contributed by atoms with Crippen LogP contribution in [-0.2, 0) is 6.54 Å². The topological polar surface area (TPSA) is 58.5 Å². The molecule has 0 radical (unpaired) electrons. The SMILES string of the molecule is CCNC(=NCc1ncc(C)c(OC)c1C)NC(C)(C)C. The van der Waals surface area contributed by atoms with Crippen molar-refractivity contribution in [3.8, 4) is 5.75 Å². The molecule has 1 heterocycles. The Bertz CT molecular complexity index is 504. The summed E-state index contributed by atoms with van der Waals surface area (Å²) in [5.41, 5.74) is 2.99. The van der Waals surface area contributed by atoms with Crippen LogP contribution in [0.25, 0.3) is 0 Å². The van der Waals surface area contributed by atoms with E-state index in [0.717, 1.165) is 35.1 Å². The second-order valence-corrected chi connectivity index (χ2v) is 6.12. The molecule has 0 atom stereocenters. The number of nitrogens with zero attached hydrogens (tertiary/aromatic N) is 2. The van der Waals surface area contributed by atoms with Gasteiger partial charge in [-0.05, 0) is 41.5 Å². The van der Waals surface area contributed by atoms with Gasteiger partial charge < -0.3 is 15.4 Å². The largest absolute Gasteiger partial charge is 0.496 e. The number of hydrogen-bond donors (Lipinski definition) is 2. The molecule has 0 saturated heterocycles.